The predicted octanol–water partition coefficient (Wildman–Crippen LogP) is 8.40. The lowest BCUT2D eigenvalue weighted by molar-refractivity contribution is -0.115. The highest BCUT2D eigenvalue weighted by Crippen LogP contribution is 2.36. The fourth-order valence-electron chi connectivity index (χ4n) is 8.74. The molecule has 0 aromatic heterocycles. The van der Waals surface area contributed by atoms with Crippen LogP contribution in [0.2, 0.25) is 0 Å². The molecule has 0 fully saturated rings. The van der Waals surface area contributed by atoms with Crippen molar-refractivity contribution >= 4 is 86.3 Å². The zero-order chi connectivity index (χ0) is 42.4. The number of fused-ring (bicyclic) bond motifs is 4. The molecule has 6 aromatic carbocycles. The van der Waals surface area contributed by atoms with Crippen LogP contribution in [-0.2, 0) is 4.79 Å². The van der Waals surface area contributed by atoms with Crippen molar-refractivity contribution in [3.63, 3.8) is 0 Å². The summed E-state index contributed by atoms with van der Waals surface area (Å²) in [6.45, 7) is 11.3. The van der Waals surface area contributed by atoms with E-state index in [1.54, 1.807) is 23.5 Å². The molecule has 2 aliphatic rings. The third kappa shape index (κ3) is 8.11. The second kappa shape index (κ2) is 16.3. The summed E-state index contributed by atoms with van der Waals surface area (Å²) in [6, 6.07) is 40.4. The van der Waals surface area contributed by atoms with Crippen molar-refractivity contribution in [2.45, 2.75) is 61.1 Å². The van der Waals surface area contributed by atoms with Crippen LogP contribution >= 0.6 is 23.5 Å². The zero-order valence-electron chi connectivity index (χ0n) is 36.1. The first-order chi connectivity index (χ1) is 27.2. The second-order valence-electron chi connectivity index (χ2n) is 17.8. The van der Waals surface area contributed by atoms with E-state index in [-0.39, 0.29) is 5.78 Å². The summed E-state index contributed by atoms with van der Waals surface area (Å²) >= 11 is 3.34. The van der Waals surface area contributed by atoms with Gasteiger partial charge in [0.15, 0.2) is 0 Å². The Morgan fingerprint density at radius 3 is 0.862 bits per heavy atom. The van der Waals surface area contributed by atoms with Crippen LogP contribution in [0.5, 0.6) is 0 Å². The number of halogens is 2. The number of hydrogen-bond donors (Lipinski definition) is 0. The third-order valence-electron chi connectivity index (χ3n) is 11.3. The van der Waals surface area contributed by atoms with E-state index in [2.05, 4.69) is 94.2 Å². The molecule has 2 aliphatic heterocycles. The maximum Gasteiger partial charge on any atom is 0.236 e. The first kappa shape index (κ1) is 43.2. The first-order valence-corrected chi connectivity index (χ1v) is 21.6. The SMILES string of the molecule is CC(C)=O.Cc1cc([N+](C)(C)C)cc(C)c1[B-]1(F)c2ccccc2Sc2ccccc21.Cc1cc([N+](C)(C)C)cc(C)c1[B-]1(F)c2ccccc2Sc2ccccc21. The quantitative estimate of drug-likeness (QED) is 0.132. The van der Waals surface area contributed by atoms with E-state index < -0.39 is 12.8 Å². The number of nitrogens with zero attached hydrogens (tertiary/aromatic N) is 2. The van der Waals surface area contributed by atoms with Gasteiger partial charge < -0.3 is 13.4 Å². The molecule has 0 atom stereocenters. The minimum atomic E-state index is -2.50. The highest BCUT2D eigenvalue weighted by atomic mass is 32.2. The maximum atomic E-state index is 17.3. The molecule has 0 saturated heterocycles. The Morgan fingerprint density at radius 2 is 0.655 bits per heavy atom. The normalized spacial score (nSPS) is 14.6. The number of carbonyl (C=O) groups excluding carboxylic acids is 1. The molecule has 9 heteroatoms. The van der Waals surface area contributed by atoms with Gasteiger partial charge in [0.05, 0.1) is 42.3 Å². The number of Topliss-reactive ketones (excluding diaryl/α,β-unsaturated/α-hetero) is 1. The van der Waals surface area contributed by atoms with Crippen LogP contribution in [0.4, 0.5) is 20.0 Å². The molecule has 0 bridgehead atoms. The van der Waals surface area contributed by atoms with Crippen molar-refractivity contribution in [2.75, 3.05) is 42.3 Å². The van der Waals surface area contributed by atoms with Crippen LogP contribution in [0, 0.1) is 27.7 Å². The van der Waals surface area contributed by atoms with E-state index in [1.807, 2.05) is 97.1 Å². The van der Waals surface area contributed by atoms with Gasteiger partial charge in [0.2, 0.25) is 12.8 Å². The fourth-order valence-corrected chi connectivity index (χ4v) is 11.2. The summed E-state index contributed by atoms with van der Waals surface area (Å²) in [5.74, 6) is 0.167. The van der Waals surface area contributed by atoms with Gasteiger partial charge in [-0.15, -0.1) is 0 Å². The number of ketones is 1. The van der Waals surface area contributed by atoms with E-state index in [0.29, 0.717) is 0 Å². The molecule has 8 rings (SSSR count). The van der Waals surface area contributed by atoms with Gasteiger partial charge >= 0.3 is 0 Å². The monoisotopic (exact) mass is 812 g/mol. The largest absolute Gasteiger partial charge is 0.498 e. The molecule has 0 saturated carbocycles. The Hall–Kier alpha value is -4.40. The van der Waals surface area contributed by atoms with E-state index in [0.717, 1.165) is 83.6 Å². The zero-order valence-corrected chi connectivity index (χ0v) is 37.7. The van der Waals surface area contributed by atoms with Gasteiger partial charge in [-0.2, -0.15) is 32.8 Å². The van der Waals surface area contributed by atoms with Gasteiger partial charge in [-0.05, 0) is 85.4 Å². The summed E-state index contributed by atoms with van der Waals surface area (Å²) < 4.78 is 36.0. The number of benzene rings is 6. The Bertz CT molecular complexity index is 2210. The lowest BCUT2D eigenvalue weighted by Gasteiger charge is -2.43. The molecule has 0 aliphatic carbocycles. The highest BCUT2D eigenvalue weighted by Gasteiger charge is 2.40. The summed E-state index contributed by atoms with van der Waals surface area (Å²) in [7, 11) is 12.9. The Balaban J connectivity index is 0.000000179. The molecule has 3 nitrogen and oxygen atoms in total. The average molecular weight is 813 g/mol. The maximum absolute atomic E-state index is 17.3. The topological polar surface area (TPSA) is 17.1 Å². The molecule has 0 N–H and O–H groups in total. The van der Waals surface area contributed by atoms with E-state index in [1.165, 1.54) is 25.2 Å². The molecule has 0 radical (unpaired) electrons. The number of hydrogen-bond acceptors (Lipinski definition) is 3. The fraction of sp³-hybridized carbons (Fsp3) is 0.245. The molecule has 0 amide bonds. The first-order valence-electron chi connectivity index (χ1n) is 19.9. The van der Waals surface area contributed by atoms with Crippen LogP contribution in [-0.4, -0.2) is 60.9 Å². The molecule has 2 heterocycles. The van der Waals surface area contributed by atoms with Gasteiger partial charge in [-0.3, -0.25) is 8.97 Å². The minimum absolute atomic E-state index is 0.167. The number of aryl methyl sites for hydroxylation is 4. The molecule has 6 aromatic rings. The molecule has 0 spiro atoms. The molecular formula is C49H56B2F2N2OS2. The van der Waals surface area contributed by atoms with Crippen LogP contribution in [0.1, 0.15) is 36.1 Å². The van der Waals surface area contributed by atoms with Crippen molar-refractivity contribution in [2.24, 2.45) is 0 Å². The van der Waals surface area contributed by atoms with Crippen molar-refractivity contribution in [3.05, 3.63) is 144 Å². The average Bonchev–Trinajstić information content (AvgIpc) is 3.14. The lowest BCUT2D eigenvalue weighted by atomic mass is 9.30. The van der Waals surface area contributed by atoms with Crippen LogP contribution in [0.25, 0.3) is 0 Å². The Labute approximate surface area is 354 Å². The van der Waals surface area contributed by atoms with E-state index in [9.17, 15) is 4.79 Å². The summed E-state index contributed by atoms with van der Waals surface area (Å²) in [5, 5.41) is 0. The van der Waals surface area contributed by atoms with Gasteiger partial charge in [-0.25, -0.2) is 0 Å². The van der Waals surface area contributed by atoms with Crippen molar-refractivity contribution in [1.29, 1.82) is 0 Å². The van der Waals surface area contributed by atoms with Gasteiger partial charge in [0, 0.05) is 0 Å². The smallest absolute Gasteiger partial charge is 0.236 e. The Morgan fingerprint density at radius 1 is 0.448 bits per heavy atom. The van der Waals surface area contributed by atoms with E-state index in [4.69, 9.17) is 0 Å². The lowest BCUT2D eigenvalue weighted by Crippen LogP contribution is -2.67. The summed E-state index contributed by atoms with van der Waals surface area (Å²) in [6.07, 6.45) is -5.00. The minimum Gasteiger partial charge on any atom is -0.498 e. The van der Waals surface area contributed by atoms with Crippen LogP contribution < -0.4 is 41.7 Å². The van der Waals surface area contributed by atoms with Crippen molar-refractivity contribution in [1.82, 2.24) is 8.97 Å². The molecule has 300 valence electrons. The van der Waals surface area contributed by atoms with Crippen molar-refractivity contribution < 1.29 is 13.4 Å². The van der Waals surface area contributed by atoms with Crippen molar-refractivity contribution in [3.8, 4) is 0 Å². The van der Waals surface area contributed by atoms with Crippen LogP contribution in [0.15, 0.2) is 141 Å². The second-order valence-corrected chi connectivity index (χ2v) is 20.0. The van der Waals surface area contributed by atoms with Crippen LogP contribution in [0.3, 0.4) is 0 Å². The van der Waals surface area contributed by atoms with Gasteiger partial charge in [0.25, 0.3) is 0 Å². The Kier molecular flexibility index (Phi) is 12.2. The summed E-state index contributed by atoms with van der Waals surface area (Å²) in [5.41, 5.74) is 11.4. The predicted molar refractivity (Wildman–Crippen MR) is 253 cm³/mol. The third-order valence-corrected chi connectivity index (χ3v) is 13.7. The number of rotatable bonds is 4. The summed E-state index contributed by atoms with van der Waals surface area (Å²) in [4.78, 5) is 13.5. The molecule has 58 heavy (non-hydrogen) atoms. The molecular weight excluding hydrogens is 756 g/mol. The van der Waals surface area contributed by atoms with E-state index >= 15 is 8.63 Å². The number of carbonyl (C=O) groups is 1. The van der Waals surface area contributed by atoms with Gasteiger partial charge in [-0.1, -0.05) is 143 Å². The number of quaternary nitrogens is 2. The van der Waals surface area contributed by atoms with Gasteiger partial charge in [0.1, 0.15) is 17.2 Å². The molecule has 0 unspecified atom stereocenters. The standard InChI is InChI=1S/2C23H25BFNS.C3H6O/c2*1-16-14-18(26(3,4)5)15-17(2)23(16)24(25)19-10-6-8-12-21(19)27-22-13-9-7-11-20(22)24;1-3(2)4/h2*6-15H,1-5H3;1-2H3. The highest BCUT2D eigenvalue weighted by molar-refractivity contribution is 8.00.